The Labute approximate surface area is 85.5 Å². The smallest absolute Gasteiger partial charge is 0.222 e. The Morgan fingerprint density at radius 3 is 2.57 bits per heavy atom. The van der Waals surface area contributed by atoms with Crippen LogP contribution in [-0.2, 0) is 4.79 Å². The number of amides is 1. The minimum Gasteiger partial charge on any atom is -0.393 e. The second kappa shape index (κ2) is 4.14. The monoisotopic (exact) mass is 213 g/mol. The molecule has 76 valence electrons. The van der Waals surface area contributed by atoms with E-state index in [0.717, 1.165) is 0 Å². The van der Waals surface area contributed by atoms with Crippen LogP contribution in [0, 0.1) is 0 Å². The molecule has 0 fully saturated rings. The summed E-state index contributed by atoms with van der Waals surface area (Å²) in [6.07, 6.45) is 1.81. The Hall–Kier alpha value is -1.50. The van der Waals surface area contributed by atoms with Crippen LogP contribution in [0.3, 0.4) is 0 Å². The van der Waals surface area contributed by atoms with Gasteiger partial charge in [-0.25, -0.2) is 9.97 Å². The second-order valence-corrected chi connectivity index (χ2v) is 3.31. The molecule has 0 aromatic carbocycles. The molecule has 6 nitrogen and oxygen atoms in total. The Morgan fingerprint density at radius 2 is 2.07 bits per heavy atom. The van der Waals surface area contributed by atoms with E-state index in [-0.39, 0.29) is 23.2 Å². The molecule has 0 unspecified atom stereocenters. The average Bonchev–Trinajstić information content (AvgIpc) is 2.11. The first-order chi connectivity index (χ1) is 6.54. The number of nitrogens with zero attached hydrogens (tertiary/aromatic N) is 2. The molecule has 1 heterocycles. The van der Waals surface area contributed by atoms with Gasteiger partial charge in [0.15, 0.2) is 16.8 Å². The summed E-state index contributed by atoms with van der Waals surface area (Å²) in [5, 5.41) is 2.95. The van der Waals surface area contributed by atoms with Gasteiger partial charge in [0.2, 0.25) is 5.91 Å². The van der Waals surface area contributed by atoms with E-state index in [1.165, 1.54) is 18.7 Å². The highest BCUT2D eigenvalue weighted by molar-refractivity contribution is 7.98. The predicted molar refractivity (Wildman–Crippen MR) is 56.9 cm³/mol. The highest BCUT2D eigenvalue weighted by Crippen LogP contribution is 2.24. The minimum atomic E-state index is -0.248. The van der Waals surface area contributed by atoms with E-state index in [4.69, 9.17) is 11.5 Å². The molecule has 0 aliphatic carbocycles. The standard InChI is InChI=1S/C7H11N5OS/c1-3(13)10-6-4(8)5(9)11-7(12-6)14-2/h8H2,1-2H3,(H3,9,10,11,12,13). The maximum absolute atomic E-state index is 10.8. The molecule has 0 bridgehead atoms. The number of aromatic nitrogens is 2. The highest BCUT2D eigenvalue weighted by atomic mass is 32.2. The van der Waals surface area contributed by atoms with Crippen LogP contribution in [0.15, 0.2) is 5.16 Å². The molecular formula is C7H11N5OS. The van der Waals surface area contributed by atoms with E-state index < -0.39 is 0 Å². The lowest BCUT2D eigenvalue weighted by Crippen LogP contribution is -2.12. The van der Waals surface area contributed by atoms with Crippen molar-refractivity contribution in [1.29, 1.82) is 0 Å². The maximum atomic E-state index is 10.8. The van der Waals surface area contributed by atoms with Gasteiger partial charge >= 0.3 is 0 Å². The van der Waals surface area contributed by atoms with Gasteiger partial charge in [0, 0.05) is 6.92 Å². The summed E-state index contributed by atoms with van der Waals surface area (Å²) < 4.78 is 0. The van der Waals surface area contributed by atoms with E-state index in [2.05, 4.69) is 15.3 Å². The molecule has 1 rings (SSSR count). The van der Waals surface area contributed by atoms with Crippen LogP contribution in [0.25, 0.3) is 0 Å². The first-order valence-electron chi connectivity index (χ1n) is 3.79. The van der Waals surface area contributed by atoms with Crippen molar-refractivity contribution in [3.63, 3.8) is 0 Å². The molecule has 0 saturated heterocycles. The lowest BCUT2D eigenvalue weighted by molar-refractivity contribution is -0.114. The fraction of sp³-hybridized carbons (Fsp3) is 0.286. The molecule has 0 aliphatic rings. The number of hydrogen-bond donors (Lipinski definition) is 3. The van der Waals surface area contributed by atoms with Crippen molar-refractivity contribution in [1.82, 2.24) is 9.97 Å². The van der Waals surface area contributed by atoms with Crippen LogP contribution in [0.1, 0.15) is 6.92 Å². The number of carbonyl (C=O) groups is 1. The van der Waals surface area contributed by atoms with Crippen molar-refractivity contribution in [2.24, 2.45) is 0 Å². The van der Waals surface area contributed by atoms with E-state index in [0.29, 0.717) is 5.16 Å². The third kappa shape index (κ3) is 2.25. The Bertz CT molecular complexity index is 367. The summed E-state index contributed by atoms with van der Waals surface area (Å²) in [7, 11) is 0. The number of anilines is 3. The van der Waals surface area contributed by atoms with Gasteiger partial charge in [-0.2, -0.15) is 0 Å². The van der Waals surface area contributed by atoms with Gasteiger partial charge < -0.3 is 16.8 Å². The third-order valence-corrected chi connectivity index (χ3v) is 1.98. The molecule has 1 amide bonds. The van der Waals surface area contributed by atoms with Crippen molar-refractivity contribution in [3.05, 3.63) is 0 Å². The number of nitrogens with one attached hydrogen (secondary N) is 1. The molecule has 0 atom stereocenters. The lowest BCUT2D eigenvalue weighted by atomic mass is 10.4. The quantitative estimate of drug-likeness (QED) is 0.482. The summed E-state index contributed by atoms with van der Waals surface area (Å²) in [4.78, 5) is 18.7. The Kier molecular flexibility index (Phi) is 3.13. The van der Waals surface area contributed by atoms with Crippen LogP contribution < -0.4 is 16.8 Å². The topological polar surface area (TPSA) is 107 Å². The molecule has 1 aromatic heterocycles. The zero-order chi connectivity index (χ0) is 10.7. The summed E-state index contributed by atoms with van der Waals surface area (Å²) in [5.74, 6) is 0.185. The molecule has 1 aromatic rings. The fourth-order valence-corrected chi connectivity index (χ4v) is 1.19. The number of rotatable bonds is 2. The van der Waals surface area contributed by atoms with E-state index in [1.54, 1.807) is 0 Å². The number of hydrogen-bond acceptors (Lipinski definition) is 6. The first-order valence-corrected chi connectivity index (χ1v) is 5.01. The molecule has 0 aliphatic heterocycles. The van der Waals surface area contributed by atoms with Crippen LogP contribution in [0.2, 0.25) is 0 Å². The van der Waals surface area contributed by atoms with E-state index >= 15 is 0 Å². The zero-order valence-corrected chi connectivity index (χ0v) is 8.68. The van der Waals surface area contributed by atoms with Gasteiger partial charge in [-0.05, 0) is 6.26 Å². The van der Waals surface area contributed by atoms with Crippen LogP contribution in [-0.4, -0.2) is 22.1 Å². The van der Waals surface area contributed by atoms with Crippen LogP contribution in [0.4, 0.5) is 17.3 Å². The SMILES string of the molecule is CSc1nc(N)c(N)c(NC(C)=O)n1. The molecule has 14 heavy (non-hydrogen) atoms. The molecule has 5 N–H and O–H groups in total. The summed E-state index contributed by atoms with van der Waals surface area (Å²) in [5.41, 5.74) is 11.3. The molecule has 0 saturated carbocycles. The molecular weight excluding hydrogens is 202 g/mol. The second-order valence-electron chi connectivity index (χ2n) is 2.54. The average molecular weight is 213 g/mol. The van der Waals surface area contributed by atoms with Crippen LogP contribution >= 0.6 is 11.8 Å². The normalized spacial score (nSPS) is 9.86. The van der Waals surface area contributed by atoms with Gasteiger partial charge in [-0.15, -0.1) is 0 Å². The van der Waals surface area contributed by atoms with Gasteiger partial charge in [0.25, 0.3) is 0 Å². The largest absolute Gasteiger partial charge is 0.393 e. The molecule has 7 heteroatoms. The van der Waals surface area contributed by atoms with Crippen molar-refractivity contribution in [2.75, 3.05) is 23.0 Å². The van der Waals surface area contributed by atoms with Gasteiger partial charge in [0.1, 0.15) is 5.69 Å². The van der Waals surface area contributed by atoms with Gasteiger partial charge in [-0.3, -0.25) is 4.79 Å². The van der Waals surface area contributed by atoms with Crippen molar-refractivity contribution < 1.29 is 4.79 Å². The maximum Gasteiger partial charge on any atom is 0.222 e. The van der Waals surface area contributed by atoms with Crippen molar-refractivity contribution in [3.8, 4) is 0 Å². The number of thioether (sulfide) groups is 1. The predicted octanol–water partition coefficient (Wildman–Crippen LogP) is 0.321. The van der Waals surface area contributed by atoms with Crippen molar-refractivity contribution in [2.45, 2.75) is 12.1 Å². The van der Waals surface area contributed by atoms with Gasteiger partial charge in [0.05, 0.1) is 0 Å². The van der Waals surface area contributed by atoms with E-state index in [9.17, 15) is 4.79 Å². The summed E-state index contributed by atoms with van der Waals surface area (Å²) in [6.45, 7) is 1.37. The van der Waals surface area contributed by atoms with Gasteiger partial charge in [-0.1, -0.05) is 11.8 Å². The molecule has 0 radical (unpaired) electrons. The minimum absolute atomic E-state index is 0.174. The molecule has 0 spiro atoms. The zero-order valence-electron chi connectivity index (χ0n) is 7.87. The highest BCUT2D eigenvalue weighted by Gasteiger charge is 2.09. The van der Waals surface area contributed by atoms with Crippen LogP contribution in [0.5, 0.6) is 0 Å². The summed E-state index contributed by atoms with van der Waals surface area (Å²) >= 11 is 1.32. The number of carbonyl (C=O) groups excluding carboxylic acids is 1. The number of nitrogen functional groups attached to an aromatic ring is 2. The third-order valence-electron chi connectivity index (χ3n) is 1.43. The summed E-state index contributed by atoms with van der Waals surface area (Å²) in [6, 6.07) is 0. The first kappa shape index (κ1) is 10.6. The lowest BCUT2D eigenvalue weighted by Gasteiger charge is -2.08. The van der Waals surface area contributed by atoms with Crippen molar-refractivity contribution >= 4 is 35.0 Å². The fourth-order valence-electron chi connectivity index (χ4n) is 0.819. The number of nitrogens with two attached hydrogens (primary N) is 2. The Morgan fingerprint density at radius 1 is 1.43 bits per heavy atom. The van der Waals surface area contributed by atoms with E-state index in [1.807, 2.05) is 6.26 Å². The Balaban J connectivity index is 3.13.